The van der Waals surface area contributed by atoms with E-state index >= 15 is 0 Å². The van der Waals surface area contributed by atoms with Gasteiger partial charge in [0.15, 0.2) is 0 Å². The summed E-state index contributed by atoms with van der Waals surface area (Å²) in [7, 11) is 0. The molecule has 0 aliphatic rings. The third-order valence-corrected chi connectivity index (χ3v) is 2.95. The first-order valence-corrected chi connectivity index (χ1v) is 6.26. The van der Waals surface area contributed by atoms with E-state index in [1.807, 2.05) is 32.9 Å². The van der Waals surface area contributed by atoms with Gasteiger partial charge in [-0.2, -0.15) is 0 Å². The third-order valence-electron chi connectivity index (χ3n) is 2.95. The van der Waals surface area contributed by atoms with Crippen molar-refractivity contribution in [2.75, 3.05) is 0 Å². The summed E-state index contributed by atoms with van der Waals surface area (Å²) in [6, 6.07) is 0. The fourth-order valence-electron chi connectivity index (χ4n) is 1.27. The van der Waals surface area contributed by atoms with Crippen molar-refractivity contribution in [1.29, 1.82) is 0 Å². The molecule has 0 spiro atoms. The van der Waals surface area contributed by atoms with E-state index in [1.54, 1.807) is 19.1 Å². The predicted octanol–water partition coefficient (Wildman–Crippen LogP) is 3.46. The molecule has 0 heterocycles. The minimum Gasteiger partial charge on any atom is -0.478 e. The molecule has 3 nitrogen and oxygen atoms in total. The van der Waals surface area contributed by atoms with Crippen molar-refractivity contribution in [2.45, 2.75) is 52.6 Å². The van der Waals surface area contributed by atoms with Gasteiger partial charge in [0.05, 0.1) is 5.60 Å². The number of rotatable bonds is 7. The summed E-state index contributed by atoms with van der Waals surface area (Å²) < 4.78 is 0. The van der Waals surface area contributed by atoms with E-state index in [1.165, 1.54) is 0 Å². The van der Waals surface area contributed by atoms with Crippen molar-refractivity contribution in [3.63, 3.8) is 0 Å². The van der Waals surface area contributed by atoms with Crippen LogP contribution < -0.4 is 0 Å². The fourth-order valence-corrected chi connectivity index (χ4v) is 1.27. The van der Waals surface area contributed by atoms with Crippen LogP contribution in [0.5, 0.6) is 0 Å². The maximum Gasteiger partial charge on any atom is 0.331 e. The van der Waals surface area contributed by atoms with Gasteiger partial charge in [0.2, 0.25) is 0 Å². The lowest BCUT2D eigenvalue weighted by Gasteiger charge is -2.19. The van der Waals surface area contributed by atoms with Crippen LogP contribution in [0.2, 0.25) is 0 Å². The minimum atomic E-state index is -0.903. The van der Waals surface area contributed by atoms with Crippen LogP contribution in [0.15, 0.2) is 35.5 Å². The van der Waals surface area contributed by atoms with Gasteiger partial charge in [0, 0.05) is 5.57 Å². The largest absolute Gasteiger partial charge is 0.478 e. The van der Waals surface area contributed by atoms with E-state index in [-0.39, 0.29) is 0 Å². The Bertz CT molecular complexity index is 360. The number of hydrogen-bond donors (Lipinski definition) is 2. The van der Waals surface area contributed by atoms with Crippen LogP contribution in [-0.4, -0.2) is 21.8 Å². The highest BCUT2D eigenvalue weighted by atomic mass is 16.4. The number of carbonyl (C=O) groups is 1. The summed E-state index contributed by atoms with van der Waals surface area (Å²) >= 11 is 0. The lowest BCUT2D eigenvalue weighted by atomic mass is 9.96. The Morgan fingerprint density at radius 1 is 1.33 bits per heavy atom. The Kier molecular flexibility index (Phi) is 7.29. The molecule has 0 radical (unpaired) electrons. The van der Waals surface area contributed by atoms with Gasteiger partial charge in [-0.3, -0.25) is 0 Å². The van der Waals surface area contributed by atoms with Gasteiger partial charge in [-0.1, -0.05) is 36.8 Å². The molecule has 1 atom stereocenters. The predicted molar refractivity (Wildman–Crippen MR) is 74.4 cm³/mol. The number of hydrogen-bond acceptors (Lipinski definition) is 2. The topological polar surface area (TPSA) is 57.5 Å². The van der Waals surface area contributed by atoms with Gasteiger partial charge in [-0.15, -0.1) is 0 Å². The Labute approximate surface area is 110 Å². The van der Waals surface area contributed by atoms with Gasteiger partial charge >= 0.3 is 5.97 Å². The first-order chi connectivity index (χ1) is 8.28. The van der Waals surface area contributed by atoms with E-state index in [0.29, 0.717) is 5.57 Å². The van der Waals surface area contributed by atoms with Crippen molar-refractivity contribution >= 4 is 5.97 Å². The van der Waals surface area contributed by atoms with Gasteiger partial charge in [0.25, 0.3) is 0 Å². The second-order valence-electron chi connectivity index (χ2n) is 4.85. The smallest absolute Gasteiger partial charge is 0.331 e. The van der Waals surface area contributed by atoms with Crippen LogP contribution >= 0.6 is 0 Å². The second-order valence-corrected chi connectivity index (χ2v) is 4.85. The Balaban J connectivity index is 4.25. The quantitative estimate of drug-likeness (QED) is 0.539. The molecule has 102 valence electrons. The number of carboxylic acid groups (broad SMARTS) is 1. The highest BCUT2D eigenvalue weighted by Gasteiger charge is 2.15. The van der Waals surface area contributed by atoms with Crippen molar-refractivity contribution in [1.82, 2.24) is 0 Å². The van der Waals surface area contributed by atoms with Crippen molar-refractivity contribution in [3.8, 4) is 0 Å². The van der Waals surface area contributed by atoms with E-state index in [0.717, 1.165) is 24.8 Å². The average Bonchev–Trinajstić information content (AvgIpc) is 2.28. The molecule has 0 saturated heterocycles. The van der Waals surface area contributed by atoms with E-state index in [2.05, 4.69) is 0 Å². The normalized spacial score (nSPS) is 16.9. The second kappa shape index (κ2) is 7.88. The first kappa shape index (κ1) is 16.6. The molecule has 0 amide bonds. The molecule has 3 heteroatoms. The third kappa shape index (κ3) is 7.85. The number of allylic oxidation sites excluding steroid dienone is 5. The van der Waals surface area contributed by atoms with Crippen molar-refractivity contribution in [2.24, 2.45) is 0 Å². The van der Waals surface area contributed by atoms with Crippen LogP contribution in [0, 0.1) is 0 Å². The zero-order valence-electron chi connectivity index (χ0n) is 11.7. The first-order valence-electron chi connectivity index (χ1n) is 6.26. The van der Waals surface area contributed by atoms with Crippen molar-refractivity contribution in [3.05, 3.63) is 35.5 Å². The molecule has 0 unspecified atom stereocenters. The minimum absolute atomic E-state index is 0.313. The molecule has 18 heavy (non-hydrogen) atoms. The zero-order chi connectivity index (χ0) is 14.2. The Morgan fingerprint density at radius 3 is 2.44 bits per heavy atom. The summed E-state index contributed by atoms with van der Waals surface area (Å²) in [6.45, 7) is 7.33. The monoisotopic (exact) mass is 252 g/mol. The number of aliphatic hydroxyl groups is 1. The Morgan fingerprint density at radius 2 is 1.94 bits per heavy atom. The van der Waals surface area contributed by atoms with Gasteiger partial charge in [0.1, 0.15) is 0 Å². The molecule has 0 fully saturated rings. The molecular formula is C15H24O3. The standard InChI is InChI=1S/C15H24O3/c1-5-15(4,18)11-7-9-12(2)8-6-10-13(3)14(16)17/h6,8-10,18H,5,7,11H2,1-4H3,(H,16,17)/b8-6+,12-9+,13-10+/t15-/m0/s1. The van der Waals surface area contributed by atoms with Gasteiger partial charge < -0.3 is 10.2 Å². The number of carboxylic acids is 1. The zero-order valence-corrected chi connectivity index (χ0v) is 11.7. The highest BCUT2D eigenvalue weighted by molar-refractivity contribution is 5.86. The summed E-state index contributed by atoms with van der Waals surface area (Å²) in [6.07, 6.45) is 9.51. The maximum absolute atomic E-state index is 10.5. The van der Waals surface area contributed by atoms with Crippen LogP contribution in [0.1, 0.15) is 47.0 Å². The molecule has 0 aromatic carbocycles. The molecule has 2 N–H and O–H groups in total. The molecular weight excluding hydrogens is 228 g/mol. The molecule has 0 bridgehead atoms. The summed E-state index contributed by atoms with van der Waals surface area (Å²) in [4.78, 5) is 10.5. The molecule has 0 rings (SSSR count). The van der Waals surface area contributed by atoms with E-state index in [9.17, 15) is 9.90 Å². The lowest BCUT2D eigenvalue weighted by molar-refractivity contribution is -0.132. The SMILES string of the molecule is CC[C@](C)(O)CC/C=C(C)/C=C/C=C(\C)C(=O)O. The van der Waals surface area contributed by atoms with E-state index < -0.39 is 11.6 Å². The summed E-state index contributed by atoms with van der Waals surface area (Å²) in [5.41, 5.74) is 0.782. The molecule has 0 aromatic rings. The van der Waals surface area contributed by atoms with Crippen LogP contribution in [0.25, 0.3) is 0 Å². The summed E-state index contributed by atoms with van der Waals surface area (Å²) in [5, 5.41) is 18.5. The van der Waals surface area contributed by atoms with Crippen LogP contribution in [-0.2, 0) is 4.79 Å². The lowest BCUT2D eigenvalue weighted by Crippen LogP contribution is -2.21. The van der Waals surface area contributed by atoms with Gasteiger partial charge in [-0.05, 0) is 40.0 Å². The maximum atomic E-state index is 10.5. The van der Waals surface area contributed by atoms with E-state index in [4.69, 9.17) is 5.11 Å². The molecule has 0 aliphatic carbocycles. The van der Waals surface area contributed by atoms with Crippen LogP contribution in [0.4, 0.5) is 0 Å². The van der Waals surface area contributed by atoms with Crippen LogP contribution in [0.3, 0.4) is 0 Å². The summed E-state index contributed by atoms with van der Waals surface area (Å²) in [5.74, 6) is -0.903. The highest BCUT2D eigenvalue weighted by Crippen LogP contribution is 2.16. The average molecular weight is 252 g/mol. The van der Waals surface area contributed by atoms with Crippen molar-refractivity contribution < 1.29 is 15.0 Å². The Hall–Kier alpha value is -1.35. The molecule has 0 aliphatic heterocycles. The number of aliphatic carboxylic acids is 1. The molecule has 0 saturated carbocycles. The molecule has 0 aromatic heterocycles. The fraction of sp³-hybridized carbons (Fsp3) is 0.533. The van der Waals surface area contributed by atoms with Gasteiger partial charge in [-0.25, -0.2) is 4.79 Å².